The Balaban J connectivity index is 1.58. The van der Waals surface area contributed by atoms with E-state index in [4.69, 9.17) is 5.73 Å². The summed E-state index contributed by atoms with van der Waals surface area (Å²) in [5.41, 5.74) is 6.32. The van der Waals surface area contributed by atoms with E-state index in [1.54, 1.807) is 12.1 Å². The summed E-state index contributed by atoms with van der Waals surface area (Å²) in [5.74, 6) is -5.73. The predicted molar refractivity (Wildman–Crippen MR) is 149 cm³/mol. The van der Waals surface area contributed by atoms with Gasteiger partial charge in [0.05, 0.1) is 18.4 Å². The summed E-state index contributed by atoms with van der Waals surface area (Å²) in [4.78, 5) is 75.4. The van der Waals surface area contributed by atoms with E-state index >= 15 is 0 Å². The van der Waals surface area contributed by atoms with Crippen molar-refractivity contribution < 1.29 is 29.4 Å². The SMILES string of the molecule is CCCCCCCC(=O)C(C[C@H](NC(=O)c1ccc(NCc2cnc3nc(N)[nH]c(=O)c3n2)cc1)C(=O)O)C(=O)O. The largest absolute Gasteiger partial charge is 0.481 e. The van der Waals surface area contributed by atoms with E-state index < -0.39 is 47.6 Å². The summed E-state index contributed by atoms with van der Waals surface area (Å²) in [6, 6.07) is 4.50. The van der Waals surface area contributed by atoms with Crippen molar-refractivity contribution in [2.24, 2.45) is 5.92 Å². The molecule has 2 atom stereocenters. The van der Waals surface area contributed by atoms with Gasteiger partial charge in [0.25, 0.3) is 11.5 Å². The number of hydrogen-bond acceptors (Lipinski definition) is 10. The number of carboxylic acids is 2. The highest BCUT2D eigenvalue weighted by atomic mass is 16.4. The molecule has 14 nitrogen and oxygen atoms in total. The molecule has 0 aliphatic heterocycles. The van der Waals surface area contributed by atoms with Gasteiger partial charge in [0.15, 0.2) is 11.2 Å². The van der Waals surface area contributed by atoms with Crippen molar-refractivity contribution in [2.45, 2.75) is 64.5 Å². The van der Waals surface area contributed by atoms with Crippen LogP contribution in [0.15, 0.2) is 35.3 Å². The van der Waals surface area contributed by atoms with Gasteiger partial charge in [-0.1, -0.05) is 32.6 Å². The number of nitrogen functional groups attached to an aromatic ring is 1. The Labute approximate surface area is 234 Å². The number of carbonyl (C=O) groups excluding carboxylic acids is 2. The van der Waals surface area contributed by atoms with E-state index in [2.05, 4.69) is 37.5 Å². The monoisotopic (exact) mass is 567 g/mol. The summed E-state index contributed by atoms with van der Waals surface area (Å²) in [5, 5.41) is 24.5. The van der Waals surface area contributed by atoms with Crippen LogP contribution >= 0.6 is 0 Å². The summed E-state index contributed by atoms with van der Waals surface area (Å²) < 4.78 is 0. The van der Waals surface area contributed by atoms with E-state index in [9.17, 15) is 34.2 Å². The molecule has 0 radical (unpaired) electrons. The summed E-state index contributed by atoms with van der Waals surface area (Å²) in [6.07, 6.45) is 5.25. The number of aliphatic carboxylic acids is 2. The number of benzene rings is 1. The zero-order valence-electron chi connectivity index (χ0n) is 22.6. The second kappa shape index (κ2) is 14.5. The molecule has 0 aliphatic rings. The van der Waals surface area contributed by atoms with Gasteiger partial charge < -0.3 is 26.6 Å². The third-order valence-electron chi connectivity index (χ3n) is 6.40. The van der Waals surface area contributed by atoms with Crippen molar-refractivity contribution in [3.05, 3.63) is 52.1 Å². The number of amides is 1. The molecule has 0 fully saturated rings. The third kappa shape index (κ3) is 8.81. The van der Waals surface area contributed by atoms with Gasteiger partial charge in [-0.2, -0.15) is 4.98 Å². The predicted octanol–water partition coefficient (Wildman–Crippen LogP) is 2.11. The Hall–Kier alpha value is -4.88. The maximum atomic E-state index is 12.7. The number of carbonyl (C=O) groups is 4. The average molecular weight is 568 g/mol. The molecule has 0 saturated heterocycles. The van der Waals surface area contributed by atoms with Crippen LogP contribution in [0, 0.1) is 5.92 Å². The number of nitrogens with two attached hydrogens (primary N) is 1. The first-order valence-corrected chi connectivity index (χ1v) is 13.2. The highest BCUT2D eigenvalue weighted by Gasteiger charge is 2.33. The first-order chi connectivity index (χ1) is 19.6. The molecule has 2 heterocycles. The Morgan fingerprint density at radius 3 is 2.37 bits per heavy atom. The number of carboxylic acid groups (broad SMARTS) is 2. The maximum Gasteiger partial charge on any atom is 0.326 e. The van der Waals surface area contributed by atoms with E-state index in [0.717, 1.165) is 25.7 Å². The van der Waals surface area contributed by atoms with Crippen LogP contribution < -0.4 is 21.9 Å². The van der Waals surface area contributed by atoms with Crippen molar-refractivity contribution in [3.63, 3.8) is 0 Å². The van der Waals surface area contributed by atoms with E-state index in [-0.39, 0.29) is 35.6 Å². The zero-order valence-corrected chi connectivity index (χ0v) is 22.6. The highest BCUT2D eigenvalue weighted by Crippen LogP contribution is 2.17. The summed E-state index contributed by atoms with van der Waals surface area (Å²) in [7, 11) is 0. The first kappa shape index (κ1) is 30.7. The van der Waals surface area contributed by atoms with Gasteiger partial charge in [0, 0.05) is 17.7 Å². The minimum atomic E-state index is -1.56. The highest BCUT2D eigenvalue weighted by molar-refractivity contribution is 6.00. The van der Waals surface area contributed by atoms with Crippen molar-refractivity contribution in [1.29, 1.82) is 0 Å². The number of unbranched alkanes of at least 4 members (excludes halogenated alkanes) is 4. The number of rotatable bonds is 16. The van der Waals surface area contributed by atoms with Gasteiger partial charge in [0.1, 0.15) is 17.7 Å². The second-order valence-electron chi connectivity index (χ2n) is 9.54. The number of fused-ring (bicyclic) bond motifs is 1. The molecule has 0 bridgehead atoms. The lowest BCUT2D eigenvalue weighted by molar-refractivity contribution is -0.147. The van der Waals surface area contributed by atoms with Crippen LogP contribution in [0.1, 0.15) is 67.9 Å². The number of anilines is 2. The topological polar surface area (TPSA) is 230 Å². The van der Waals surface area contributed by atoms with Gasteiger partial charge in [-0.3, -0.25) is 24.2 Å². The van der Waals surface area contributed by atoms with Crippen molar-refractivity contribution >= 4 is 46.4 Å². The molecule has 0 saturated carbocycles. The molecule has 41 heavy (non-hydrogen) atoms. The molecule has 7 N–H and O–H groups in total. The van der Waals surface area contributed by atoms with Crippen LogP contribution in [0.5, 0.6) is 0 Å². The van der Waals surface area contributed by atoms with Crippen LogP contribution in [0.3, 0.4) is 0 Å². The molecule has 3 rings (SSSR count). The quantitative estimate of drug-likeness (QED) is 0.108. The van der Waals surface area contributed by atoms with Crippen molar-refractivity contribution in [2.75, 3.05) is 11.1 Å². The molecular formula is C27H33N7O7. The molecule has 1 amide bonds. The zero-order chi connectivity index (χ0) is 29.9. The van der Waals surface area contributed by atoms with Crippen LogP contribution in [-0.4, -0.2) is 59.8 Å². The number of nitrogens with zero attached hydrogens (tertiary/aromatic N) is 3. The molecule has 0 aliphatic carbocycles. The molecule has 2 aromatic heterocycles. The fraction of sp³-hybridized carbons (Fsp3) is 0.407. The lowest BCUT2D eigenvalue weighted by Gasteiger charge is -2.19. The number of hydrogen-bond donors (Lipinski definition) is 6. The van der Waals surface area contributed by atoms with E-state index in [1.165, 1.54) is 18.3 Å². The number of Topliss-reactive ketones (excluding diaryl/α,β-unsaturated/α-hetero) is 1. The minimum Gasteiger partial charge on any atom is -0.481 e. The number of aromatic nitrogens is 4. The molecular weight excluding hydrogens is 534 g/mol. The van der Waals surface area contributed by atoms with Crippen LogP contribution in [0.25, 0.3) is 11.2 Å². The molecule has 218 valence electrons. The molecule has 1 unspecified atom stereocenters. The Morgan fingerprint density at radius 2 is 1.71 bits per heavy atom. The lowest BCUT2D eigenvalue weighted by Crippen LogP contribution is -2.44. The molecule has 3 aromatic rings. The Bertz CT molecular complexity index is 1460. The van der Waals surface area contributed by atoms with Crippen LogP contribution in [0.4, 0.5) is 11.6 Å². The number of nitrogens with one attached hydrogen (secondary N) is 3. The van der Waals surface area contributed by atoms with E-state index in [1.807, 2.05) is 0 Å². The van der Waals surface area contributed by atoms with Gasteiger partial charge in [-0.25, -0.2) is 14.8 Å². The van der Waals surface area contributed by atoms with Gasteiger partial charge in [-0.05, 0) is 37.1 Å². The van der Waals surface area contributed by atoms with Crippen molar-refractivity contribution in [1.82, 2.24) is 25.3 Å². The third-order valence-corrected chi connectivity index (χ3v) is 6.40. The maximum absolute atomic E-state index is 12.7. The van der Waals surface area contributed by atoms with E-state index in [0.29, 0.717) is 17.8 Å². The molecule has 14 heteroatoms. The van der Waals surface area contributed by atoms with Crippen LogP contribution in [0.2, 0.25) is 0 Å². The van der Waals surface area contributed by atoms with Gasteiger partial charge in [-0.15, -0.1) is 0 Å². The Kier molecular flexibility index (Phi) is 10.8. The average Bonchev–Trinajstić information content (AvgIpc) is 2.93. The minimum absolute atomic E-state index is 0.0392. The molecule has 0 spiro atoms. The fourth-order valence-corrected chi connectivity index (χ4v) is 4.13. The van der Waals surface area contributed by atoms with Crippen LogP contribution in [-0.2, 0) is 20.9 Å². The number of H-pyrrole nitrogens is 1. The Morgan fingerprint density at radius 1 is 1.00 bits per heavy atom. The summed E-state index contributed by atoms with van der Waals surface area (Å²) >= 11 is 0. The molecule has 1 aromatic carbocycles. The second-order valence-corrected chi connectivity index (χ2v) is 9.54. The standard InChI is InChI=1S/C27H33N7O7/c1-2-3-4-5-6-7-20(35)18(25(38)39)12-19(26(40)41)32-23(36)15-8-10-16(11-9-15)29-13-17-14-30-22-21(31-17)24(37)34-27(28)33-22/h8-11,14,18-19,29H,2-7,12-13H2,1H3,(H,32,36)(H,38,39)(H,40,41)(H3,28,30,33,34,37)/t18?,19-/m0/s1. The smallest absolute Gasteiger partial charge is 0.326 e. The number of aromatic amines is 1. The van der Waals surface area contributed by atoms with Gasteiger partial charge >= 0.3 is 11.9 Å². The van der Waals surface area contributed by atoms with Gasteiger partial charge in [0.2, 0.25) is 5.95 Å². The number of ketones is 1. The van der Waals surface area contributed by atoms with Crippen molar-refractivity contribution in [3.8, 4) is 0 Å². The fourth-order valence-electron chi connectivity index (χ4n) is 4.13. The lowest BCUT2D eigenvalue weighted by atomic mass is 9.92. The first-order valence-electron chi connectivity index (χ1n) is 13.2. The normalized spacial score (nSPS) is 12.4. The summed E-state index contributed by atoms with van der Waals surface area (Å²) in [6.45, 7) is 2.25.